The maximum atomic E-state index is 12.7. The first-order valence-electron chi connectivity index (χ1n) is 13.3. The lowest BCUT2D eigenvalue weighted by Gasteiger charge is -2.36. The lowest BCUT2D eigenvalue weighted by molar-refractivity contribution is 0.0954. The van der Waals surface area contributed by atoms with Crippen LogP contribution >= 0.6 is 0 Å². The minimum Gasteiger partial charge on any atom is -0.358 e. The molecule has 2 atom stereocenters. The maximum absolute atomic E-state index is 12.7. The zero-order valence-corrected chi connectivity index (χ0v) is 21.1. The number of para-hydroxylation sites is 1. The third-order valence-electron chi connectivity index (χ3n) is 7.10. The molecule has 5 N–H and O–H groups in total. The van der Waals surface area contributed by atoms with Crippen molar-refractivity contribution in [2.24, 2.45) is 0 Å². The predicted octanol–water partition coefficient (Wildman–Crippen LogP) is 3.83. The van der Waals surface area contributed by atoms with E-state index in [2.05, 4.69) is 62.3 Å². The van der Waals surface area contributed by atoms with Gasteiger partial charge < -0.3 is 31.2 Å². The average molecular weight is 487 g/mol. The highest BCUT2D eigenvalue weighted by atomic mass is 16.1. The Kier molecular flexibility index (Phi) is 7.88. The topological polar surface area (TPSA) is 84.2 Å². The highest BCUT2D eigenvalue weighted by Crippen LogP contribution is 2.19. The standard InChI is InChI=1S/C29H38N6O/c1-21-20-35(17-16-30-21)28(19-25-7-4-5-14-31-25)34-24-11-9-22(10-12-24)29(36)32-15-13-26-18-23-6-2-3-8-27(23)33-26/h2-3,6,8-12,18-19,21,25,30-31,33-34H,4-5,7,13-17,20H2,1H3,(H,32,36)/t21-,25?/m0/s1. The number of hydrogen-bond acceptors (Lipinski definition) is 5. The Bertz CT molecular complexity index is 1140. The molecule has 2 aliphatic rings. The van der Waals surface area contributed by atoms with Crippen LogP contribution in [0.5, 0.6) is 0 Å². The van der Waals surface area contributed by atoms with E-state index in [-0.39, 0.29) is 5.91 Å². The number of carbonyl (C=O) groups is 1. The number of hydrogen-bond donors (Lipinski definition) is 5. The molecule has 2 aromatic carbocycles. The van der Waals surface area contributed by atoms with Crippen molar-refractivity contribution in [3.63, 3.8) is 0 Å². The van der Waals surface area contributed by atoms with E-state index in [1.54, 1.807) is 0 Å². The van der Waals surface area contributed by atoms with Crippen LogP contribution in [0.3, 0.4) is 0 Å². The van der Waals surface area contributed by atoms with E-state index < -0.39 is 0 Å². The van der Waals surface area contributed by atoms with E-state index in [4.69, 9.17) is 0 Å². The van der Waals surface area contributed by atoms with E-state index in [0.29, 0.717) is 24.2 Å². The molecule has 0 spiro atoms. The molecule has 1 aromatic heterocycles. The lowest BCUT2D eigenvalue weighted by atomic mass is 10.0. The molecular formula is C29H38N6O. The van der Waals surface area contributed by atoms with Crippen molar-refractivity contribution in [2.75, 3.05) is 38.0 Å². The molecule has 2 saturated heterocycles. The highest BCUT2D eigenvalue weighted by Gasteiger charge is 2.20. The van der Waals surface area contributed by atoms with Gasteiger partial charge in [-0.25, -0.2) is 0 Å². The van der Waals surface area contributed by atoms with Crippen LogP contribution in [-0.2, 0) is 6.42 Å². The Labute approximate surface area is 213 Å². The minimum absolute atomic E-state index is 0.0456. The molecule has 3 aromatic rings. The third kappa shape index (κ3) is 6.28. The van der Waals surface area contributed by atoms with Gasteiger partial charge in [-0.15, -0.1) is 0 Å². The van der Waals surface area contributed by atoms with Gasteiger partial charge in [-0.3, -0.25) is 4.79 Å². The molecule has 0 radical (unpaired) electrons. The summed E-state index contributed by atoms with van der Waals surface area (Å²) in [5.74, 6) is 1.11. The number of fused-ring (bicyclic) bond motifs is 1. The molecule has 0 aliphatic carbocycles. The molecule has 1 unspecified atom stereocenters. The largest absolute Gasteiger partial charge is 0.358 e. The molecular weight excluding hydrogens is 448 g/mol. The molecule has 0 bridgehead atoms. The number of nitrogens with zero attached hydrogens (tertiary/aromatic N) is 1. The van der Waals surface area contributed by atoms with Crippen LogP contribution in [0.15, 0.2) is 66.5 Å². The van der Waals surface area contributed by atoms with Crippen LogP contribution in [-0.4, -0.2) is 60.6 Å². The second-order valence-corrected chi connectivity index (χ2v) is 10.00. The number of piperidine rings is 1. The molecule has 36 heavy (non-hydrogen) atoms. The number of aromatic nitrogens is 1. The monoisotopic (exact) mass is 486 g/mol. The number of aromatic amines is 1. The quantitative estimate of drug-likeness (QED) is 0.334. The van der Waals surface area contributed by atoms with Crippen molar-refractivity contribution in [3.8, 4) is 0 Å². The van der Waals surface area contributed by atoms with Gasteiger partial charge in [0.1, 0.15) is 5.82 Å². The first-order chi connectivity index (χ1) is 17.6. The Balaban J connectivity index is 1.19. The van der Waals surface area contributed by atoms with Crippen LogP contribution in [0.25, 0.3) is 10.9 Å². The van der Waals surface area contributed by atoms with E-state index in [1.165, 1.54) is 24.6 Å². The van der Waals surface area contributed by atoms with Gasteiger partial charge in [0, 0.05) is 67.1 Å². The first kappa shape index (κ1) is 24.4. The van der Waals surface area contributed by atoms with Crippen LogP contribution in [0, 0.1) is 0 Å². The summed E-state index contributed by atoms with van der Waals surface area (Å²) in [4.78, 5) is 18.6. The molecule has 5 rings (SSSR count). The van der Waals surface area contributed by atoms with Gasteiger partial charge in [0.05, 0.1) is 0 Å². The van der Waals surface area contributed by atoms with E-state index in [0.717, 1.165) is 55.3 Å². The van der Waals surface area contributed by atoms with Gasteiger partial charge in [-0.1, -0.05) is 24.6 Å². The smallest absolute Gasteiger partial charge is 0.251 e. The van der Waals surface area contributed by atoms with E-state index in [1.807, 2.05) is 36.4 Å². The number of anilines is 1. The fourth-order valence-corrected chi connectivity index (χ4v) is 5.12. The number of H-pyrrole nitrogens is 1. The summed E-state index contributed by atoms with van der Waals surface area (Å²) < 4.78 is 0. The average Bonchev–Trinajstić information content (AvgIpc) is 3.32. The summed E-state index contributed by atoms with van der Waals surface area (Å²) in [6.07, 6.45) is 6.81. The number of amides is 1. The zero-order chi connectivity index (χ0) is 24.7. The van der Waals surface area contributed by atoms with Crippen molar-refractivity contribution in [1.82, 2.24) is 25.8 Å². The van der Waals surface area contributed by atoms with Crippen molar-refractivity contribution in [2.45, 2.75) is 44.7 Å². The third-order valence-corrected chi connectivity index (χ3v) is 7.10. The minimum atomic E-state index is -0.0456. The lowest BCUT2D eigenvalue weighted by Crippen LogP contribution is -2.50. The molecule has 7 heteroatoms. The Morgan fingerprint density at radius 1 is 1.08 bits per heavy atom. The molecule has 0 saturated carbocycles. The molecule has 190 valence electrons. The first-order valence-corrected chi connectivity index (χ1v) is 13.3. The number of rotatable bonds is 8. The summed E-state index contributed by atoms with van der Waals surface area (Å²) >= 11 is 0. The van der Waals surface area contributed by atoms with Gasteiger partial charge in [0.2, 0.25) is 0 Å². The van der Waals surface area contributed by atoms with Crippen molar-refractivity contribution < 1.29 is 4.79 Å². The van der Waals surface area contributed by atoms with Crippen LogP contribution in [0.2, 0.25) is 0 Å². The Hall–Kier alpha value is -3.29. The predicted molar refractivity (Wildman–Crippen MR) is 147 cm³/mol. The zero-order valence-electron chi connectivity index (χ0n) is 21.1. The molecule has 2 fully saturated rings. The summed E-state index contributed by atoms with van der Waals surface area (Å²) in [5, 5.41) is 15.1. The van der Waals surface area contributed by atoms with Gasteiger partial charge in [-0.05, 0) is 74.2 Å². The van der Waals surface area contributed by atoms with Crippen LogP contribution in [0.1, 0.15) is 42.2 Å². The Morgan fingerprint density at radius 2 is 1.94 bits per heavy atom. The second kappa shape index (κ2) is 11.6. The van der Waals surface area contributed by atoms with Crippen LogP contribution in [0.4, 0.5) is 5.69 Å². The maximum Gasteiger partial charge on any atom is 0.251 e. The molecule has 3 heterocycles. The van der Waals surface area contributed by atoms with Crippen molar-refractivity contribution in [3.05, 3.63) is 77.8 Å². The Morgan fingerprint density at radius 3 is 2.72 bits per heavy atom. The molecule has 2 aliphatic heterocycles. The normalized spacial score (nSPS) is 20.9. The fourth-order valence-electron chi connectivity index (χ4n) is 5.12. The van der Waals surface area contributed by atoms with Gasteiger partial charge >= 0.3 is 0 Å². The molecule has 1 amide bonds. The number of nitrogens with one attached hydrogen (secondary N) is 5. The van der Waals surface area contributed by atoms with E-state index in [9.17, 15) is 4.79 Å². The summed E-state index contributed by atoms with van der Waals surface area (Å²) in [7, 11) is 0. The van der Waals surface area contributed by atoms with Crippen LogP contribution < -0.4 is 21.3 Å². The van der Waals surface area contributed by atoms with Gasteiger partial charge in [0.25, 0.3) is 5.91 Å². The number of piperazine rings is 1. The van der Waals surface area contributed by atoms with Gasteiger partial charge in [0.15, 0.2) is 0 Å². The summed E-state index contributed by atoms with van der Waals surface area (Å²) in [6, 6.07) is 19.0. The highest BCUT2D eigenvalue weighted by molar-refractivity contribution is 5.94. The molecule has 7 nitrogen and oxygen atoms in total. The number of carbonyl (C=O) groups excluding carboxylic acids is 1. The fraction of sp³-hybridized carbons (Fsp3) is 0.414. The van der Waals surface area contributed by atoms with Crippen molar-refractivity contribution >= 4 is 22.5 Å². The van der Waals surface area contributed by atoms with E-state index >= 15 is 0 Å². The second-order valence-electron chi connectivity index (χ2n) is 10.00. The number of benzene rings is 2. The van der Waals surface area contributed by atoms with Gasteiger partial charge in [-0.2, -0.15) is 0 Å². The summed E-state index contributed by atoms with van der Waals surface area (Å²) in [6.45, 7) is 6.84. The van der Waals surface area contributed by atoms with Crippen molar-refractivity contribution in [1.29, 1.82) is 0 Å². The SMILES string of the molecule is C[C@H]1CN(C(=CC2CCCCN2)Nc2ccc(C(=O)NCCc3cc4ccccc4[nH]3)cc2)CCN1. The summed E-state index contributed by atoms with van der Waals surface area (Å²) in [5.41, 5.74) is 3.93.